The van der Waals surface area contributed by atoms with Crippen molar-refractivity contribution in [3.05, 3.63) is 35.9 Å². The van der Waals surface area contributed by atoms with Crippen LogP contribution in [0.2, 0.25) is 0 Å². The smallest absolute Gasteiger partial charge is 0.298 e. The van der Waals surface area contributed by atoms with Crippen molar-refractivity contribution in [3.8, 4) is 0 Å². The molecule has 144 valence electrons. The Bertz CT molecular complexity index is 855. The molecule has 0 saturated carbocycles. The lowest BCUT2D eigenvalue weighted by Crippen LogP contribution is -2.50. The van der Waals surface area contributed by atoms with Crippen molar-refractivity contribution in [1.29, 1.82) is 0 Å². The summed E-state index contributed by atoms with van der Waals surface area (Å²) in [6.45, 7) is 10.6. The number of oxazole rings is 1. The number of hydrogen-bond acceptors (Lipinski definition) is 6. The maximum atomic E-state index is 12.9. The molecule has 1 aromatic heterocycles. The Morgan fingerprint density at radius 2 is 2.22 bits per heavy atom. The number of carbonyl (C=O) groups is 1. The van der Waals surface area contributed by atoms with Gasteiger partial charge in [0.15, 0.2) is 5.58 Å². The van der Waals surface area contributed by atoms with Crippen LogP contribution in [0.4, 0.5) is 6.01 Å². The van der Waals surface area contributed by atoms with Gasteiger partial charge in [-0.05, 0) is 38.1 Å². The monoisotopic (exact) mass is 369 g/mol. The van der Waals surface area contributed by atoms with Gasteiger partial charge in [0, 0.05) is 44.8 Å². The Hall–Kier alpha value is -2.38. The average Bonchev–Trinajstić information content (AvgIpc) is 3.11. The number of anilines is 1. The zero-order valence-corrected chi connectivity index (χ0v) is 16.0. The maximum absolute atomic E-state index is 12.9. The molecule has 7 heteroatoms. The third-order valence-electron chi connectivity index (χ3n) is 5.45. The summed E-state index contributed by atoms with van der Waals surface area (Å²) >= 11 is 0. The molecule has 3 heterocycles. The first-order valence-electron chi connectivity index (χ1n) is 9.57. The second-order valence-corrected chi connectivity index (χ2v) is 7.59. The van der Waals surface area contributed by atoms with Crippen molar-refractivity contribution < 1.29 is 9.21 Å². The van der Waals surface area contributed by atoms with Crippen molar-refractivity contribution in [2.24, 2.45) is 0 Å². The number of nitrogens with zero attached hydrogens (tertiary/aromatic N) is 3. The summed E-state index contributed by atoms with van der Waals surface area (Å²) in [5, 5.41) is 6.42. The SMILES string of the molecule is C=C1CN(C)C1CC(C)NC(=O)c1cccc2oc(N3CCNCC3)nc12. The van der Waals surface area contributed by atoms with Gasteiger partial charge in [-0.2, -0.15) is 4.98 Å². The van der Waals surface area contributed by atoms with E-state index < -0.39 is 0 Å². The lowest BCUT2D eigenvalue weighted by molar-refractivity contribution is 0.0927. The summed E-state index contributed by atoms with van der Waals surface area (Å²) < 4.78 is 5.91. The topological polar surface area (TPSA) is 73.6 Å². The fraction of sp³-hybridized carbons (Fsp3) is 0.500. The third-order valence-corrected chi connectivity index (χ3v) is 5.45. The van der Waals surface area contributed by atoms with Crippen LogP contribution in [0.3, 0.4) is 0 Å². The van der Waals surface area contributed by atoms with Crippen molar-refractivity contribution in [2.75, 3.05) is 44.7 Å². The molecule has 0 spiro atoms. The van der Waals surface area contributed by atoms with Crippen LogP contribution in [-0.4, -0.2) is 67.6 Å². The number of aromatic nitrogens is 1. The highest BCUT2D eigenvalue weighted by atomic mass is 16.4. The molecule has 2 unspecified atom stereocenters. The molecule has 2 aromatic rings. The summed E-state index contributed by atoms with van der Waals surface area (Å²) in [6.07, 6.45) is 0.863. The van der Waals surface area contributed by atoms with E-state index in [-0.39, 0.29) is 11.9 Å². The van der Waals surface area contributed by atoms with Crippen molar-refractivity contribution >= 4 is 23.0 Å². The van der Waals surface area contributed by atoms with E-state index in [4.69, 9.17) is 4.42 Å². The molecular weight excluding hydrogens is 342 g/mol. The van der Waals surface area contributed by atoms with Crippen LogP contribution in [0.25, 0.3) is 11.1 Å². The second kappa shape index (κ2) is 7.32. The van der Waals surface area contributed by atoms with Crippen molar-refractivity contribution in [2.45, 2.75) is 25.4 Å². The highest BCUT2D eigenvalue weighted by Crippen LogP contribution is 2.26. The predicted molar refractivity (Wildman–Crippen MR) is 106 cm³/mol. The molecule has 2 aliphatic heterocycles. The molecule has 1 aromatic carbocycles. The quantitative estimate of drug-likeness (QED) is 0.781. The number of likely N-dealkylation sites (tertiary alicyclic amines) is 1. The molecule has 2 aliphatic rings. The van der Waals surface area contributed by atoms with Gasteiger partial charge >= 0.3 is 0 Å². The van der Waals surface area contributed by atoms with Crippen LogP contribution < -0.4 is 15.5 Å². The molecule has 0 radical (unpaired) electrons. The number of fused-ring (bicyclic) bond motifs is 1. The fourth-order valence-corrected chi connectivity index (χ4v) is 3.89. The maximum Gasteiger partial charge on any atom is 0.298 e. The minimum absolute atomic E-state index is 0.0526. The molecule has 0 aliphatic carbocycles. The summed E-state index contributed by atoms with van der Waals surface area (Å²) in [7, 11) is 2.08. The number of benzene rings is 1. The van der Waals surface area contributed by atoms with Crippen LogP contribution >= 0.6 is 0 Å². The minimum atomic E-state index is -0.110. The molecular formula is C20H27N5O2. The molecule has 27 heavy (non-hydrogen) atoms. The largest absolute Gasteiger partial charge is 0.423 e. The van der Waals surface area contributed by atoms with Gasteiger partial charge in [0.25, 0.3) is 11.9 Å². The minimum Gasteiger partial charge on any atom is -0.423 e. The Balaban J connectivity index is 1.49. The number of para-hydroxylation sites is 1. The van der Waals surface area contributed by atoms with Gasteiger partial charge in [-0.25, -0.2) is 0 Å². The van der Waals surface area contributed by atoms with Gasteiger partial charge in [0.05, 0.1) is 5.56 Å². The molecule has 7 nitrogen and oxygen atoms in total. The summed E-state index contributed by atoms with van der Waals surface area (Å²) in [5.41, 5.74) is 3.07. The van der Waals surface area contributed by atoms with E-state index >= 15 is 0 Å². The summed E-state index contributed by atoms with van der Waals surface area (Å²) in [5.74, 6) is -0.110. The van der Waals surface area contributed by atoms with Crippen LogP contribution in [0.15, 0.2) is 34.8 Å². The molecule has 2 saturated heterocycles. The summed E-state index contributed by atoms with van der Waals surface area (Å²) in [4.78, 5) is 21.8. The van der Waals surface area contributed by atoms with E-state index in [9.17, 15) is 4.79 Å². The predicted octanol–water partition coefficient (Wildman–Crippen LogP) is 1.62. The van der Waals surface area contributed by atoms with Crippen molar-refractivity contribution in [3.63, 3.8) is 0 Å². The zero-order chi connectivity index (χ0) is 19.0. The number of piperazine rings is 1. The molecule has 2 atom stereocenters. The molecule has 2 fully saturated rings. The number of rotatable bonds is 5. The van der Waals surface area contributed by atoms with E-state index in [0.717, 1.165) is 39.1 Å². The van der Waals surface area contributed by atoms with Gasteiger partial charge in [-0.1, -0.05) is 12.6 Å². The molecule has 2 N–H and O–H groups in total. The van der Waals surface area contributed by atoms with Gasteiger partial charge < -0.3 is 20.0 Å². The third kappa shape index (κ3) is 3.57. The van der Waals surface area contributed by atoms with E-state index in [2.05, 4.69) is 39.0 Å². The van der Waals surface area contributed by atoms with E-state index in [0.29, 0.717) is 28.7 Å². The molecule has 4 rings (SSSR count). The number of likely N-dealkylation sites (N-methyl/N-ethyl adjacent to an activating group) is 1. The van der Waals surface area contributed by atoms with Crippen LogP contribution in [0.1, 0.15) is 23.7 Å². The Morgan fingerprint density at radius 3 is 2.93 bits per heavy atom. The number of amides is 1. The van der Waals surface area contributed by atoms with Crippen molar-refractivity contribution in [1.82, 2.24) is 20.5 Å². The van der Waals surface area contributed by atoms with Crippen LogP contribution in [-0.2, 0) is 0 Å². The number of carbonyl (C=O) groups excluding carboxylic acids is 1. The Labute approximate surface area is 159 Å². The fourth-order valence-electron chi connectivity index (χ4n) is 3.89. The lowest BCUT2D eigenvalue weighted by Gasteiger charge is -2.41. The Morgan fingerprint density at radius 1 is 1.44 bits per heavy atom. The van der Waals surface area contributed by atoms with Gasteiger partial charge in [0.1, 0.15) is 5.52 Å². The van der Waals surface area contributed by atoms with Crippen LogP contribution in [0.5, 0.6) is 0 Å². The highest BCUT2D eigenvalue weighted by Gasteiger charge is 2.30. The standard InChI is InChI=1S/C20H27N5O2/c1-13-12-24(3)16(13)11-14(2)22-19(26)15-5-4-6-17-18(15)23-20(27-17)25-9-7-21-8-10-25/h4-6,14,16,21H,1,7-12H2,2-3H3,(H,22,26). The van der Waals surface area contributed by atoms with E-state index in [1.54, 1.807) is 0 Å². The van der Waals surface area contributed by atoms with Gasteiger partial charge in [-0.15, -0.1) is 0 Å². The number of nitrogens with one attached hydrogen (secondary N) is 2. The molecule has 1 amide bonds. The van der Waals surface area contributed by atoms with E-state index in [1.165, 1.54) is 5.57 Å². The first-order valence-corrected chi connectivity index (χ1v) is 9.57. The highest BCUT2D eigenvalue weighted by molar-refractivity contribution is 6.04. The summed E-state index contributed by atoms with van der Waals surface area (Å²) in [6, 6.07) is 6.51. The van der Waals surface area contributed by atoms with E-state index in [1.807, 2.05) is 25.1 Å². The normalized spacial score (nSPS) is 21.9. The zero-order valence-electron chi connectivity index (χ0n) is 16.0. The number of hydrogen-bond donors (Lipinski definition) is 2. The Kier molecular flexibility index (Phi) is 4.88. The molecule has 0 bridgehead atoms. The first-order chi connectivity index (χ1) is 13.0. The first kappa shape index (κ1) is 18.0. The van der Waals surface area contributed by atoms with Crippen LogP contribution in [0, 0.1) is 0 Å². The van der Waals surface area contributed by atoms with Gasteiger partial charge in [0.2, 0.25) is 0 Å². The second-order valence-electron chi connectivity index (χ2n) is 7.59. The van der Waals surface area contributed by atoms with Gasteiger partial charge in [-0.3, -0.25) is 9.69 Å². The lowest BCUT2D eigenvalue weighted by atomic mass is 9.92. The average molecular weight is 369 g/mol.